The van der Waals surface area contributed by atoms with E-state index in [0.717, 1.165) is 5.56 Å². The number of nitrogens with one attached hydrogen (secondary N) is 2. The van der Waals surface area contributed by atoms with Crippen molar-refractivity contribution >= 4 is 55.6 Å². The predicted octanol–water partition coefficient (Wildman–Crippen LogP) is 5.79. The van der Waals surface area contributed by atoms with Crippen molar-refractivity contribution in [3.05, 3.63) is 86.3 Å². The van der Waals surface area contributed by atoms with Crippen molar-refractivity contribution in [1.29, 1.82) is 5.26 Å². The highest BCUT2D eigenvalue weighted by Crippen LogP contribution is 2.37. The molecular weight excluding hydrogens is 604 g/mol. The van der Waals surface area contributed by atoms with Gasteiger partial charge in [-0.1, -0.05) is 30.3 Å². The van der Waals surface area contributed by atoms with Gasteiger partial charge in [0.15, 0.2) is 11.5 Å². The number of ether oxygens (including phenoxy) is 2. The molecule has 3 aromatic rings. The number of benzene rings is 3. The van der Waals surface area contributed by atoms with Crippen LogP contribution in [-0.2, 0) is 16.2 Å². The molecule has 0 saturated heterocycles. The second kappa shape index (κ2) is 13.6. The summed E-state index contributed by atoms with van der Waals surface area (Å²) in [5.74, 6) is -1.03. The highest BCUT2D eigenvalue weighted by molar-refractivity contribution is 9.11. The van der Waals surface area contributed by atoms with Crippen LogP contribution in [0.3, 0.4) is 0 Å². The molecule has 0 aliphatic heterocycles. The van der Waals surface area contributed by atoms with Gasteiger partial charge in [0.2, 0.25) is 5.91 Å². The fourth-order valence-electron chi connectivity index (χ4n) is 3.16. The summed E-state index contributed by atoms with van der Waals surface area (Å²) in [7, 11) is 0. The van der Waals surface area contributed by atoms with Crippen molar-refractivity contribution in [2.45, 2.75) is 20.5 Å². The molecule has 8 nitrogen and oxygen atoms in total. The maximum absolute atomic E-state index is 12.4. The number of nitriles is 1. The summed E-state index contributed by atoms with van der Waals surface area (Å²) in [5, 5.41) is 16.0. The van der Waals surface area contributed by atoms with E-state index < -0.39 is 17.7 Å². The fraction of sp³-hybridized carbons (Fsp3) is 0.185. The first kappa shape index (κ1) is 27.9. The Morgan fingerprint density at radius 1 is 1.05 bits per heavy atom. The molecule has 3 aromatic carbocycles. The Morgan fingerprint density at radius 3 is 2.51 bits per heavy atom. The van der Waals surface area contributed by atoms with Gasteiger partial charge in [-0.15, -0.1) is 0 Å². The normalized spacial score (nSPS) is 11.4. The number of hydrogen-bond donors (Lipinski definition) is 2. The summed E-state index contributed by atoms with van der Waals surface area (Å²) in [4.78, 5) is 24.9. The summed E-state index contributed by atoms with van der Waals surface area (Å²) in [5.41, 5.74) is 4.89. The maximum atomic E-state index is 12.4. The molecule has 0 heterocycles. The van der Waals surface area contributed by atoms with Crippen molar-refractivity contribution in [1.82, 2.24) is 5.43 Å². The number of carbonyl (C=O) groups excluding carboxylic acids is 2. The first-order chi connectivity index (χ1) is 17.8. The van der Waals surface area contributed by atoms with Crippen molar-refractivity contribution in [3.63, 3.8) is 0 Å². The number of amides is 2. The summed E-state index contributed by atoms with van der Waals surface area (Å²) in [6.07, 6.45) is 1.44. The monoisotopic (exact) mass is 626 g/mol. The van der Waals surface area contributed by atoms with Crippen molar-refractivity contribution in [2.75, 3.05) is 11.9 Å². The summed E-state index contributed by atoms with van der Waals surface area (Å²) in [6, 6.07) is 20.0. The lowest BCUT2D eigenvalue weighted by molar-refractivity contribution is -0.131. The molecule has 37 heavy (non-hydrogen) atoms. The summed E-state index contributed by atoms with van der Waals surface area (Å²) in [6.45, 7) is 3.94. The molecule has 1 unspecified atom stereocenters. The van der Waals surface area contributed by atoms with Crippen LogP contribution in [0.15, 0.2) is 74.7 Å². The van der Waals surface area contributed by atoms with E-state index in [0.29, 0.717) is 43.9 Å². The molecule has 1 atom stereocenters. The fourth-order valence-corrected chi connectivity index (χ4v) is 4.12. The Kier molecular flexibility index (Phi) is 10.2. The highest BCUT2D eigenvalue weighted by atomic mass is 79.9. The number of hydrogen-bond acceptors (Lipinski definition) is 6. The number of rotatable bonds is 10. The Hall–Kier alpha value is -3.68. The van der Waals surface area contributed by atoms with E-state index in [4.69, 9.17) is 9.47 Å². The Bertz CT molecular complexity index is 1350. The van der Waals surface area contributed by atoms with Crippen LogP contribution in [0.25, 0.3) is 0 Å². The van der Waals surface area contributed by atoms with E-state index >= 15 is 0 Å². The molecule has 0 radical (unpaired) electrons. The van der Waals surface area contributed by atoms with Crippen LogP contribution in [-0.4, -0.2) is 24.6 Å². The van der Waals surface area contributed by atoms with Gasteiger partial charge in [-0.05, 0) is 81.6 Å². The van der Waals surface area contributed by atoms with Crippen LogP contribution >= 0.6 is 31.9 Å². The number of nitrogens with zero attached hydrogens (tertiary/aromatic N) is 2. The van der Waals surface area contributed by atoms with Gasteiger partial charge in [-0.3, -0.25) is 9.59 Å². The Morgan fingerprint density at radius 2 is 1.78 bits per heavy atom. The first-order valence-electron chi connectivity index (χ1n) is 11.3. The molecule has 0 saturated carbocycles. The Balaban J connectivity index is 1.66. The average molecular weight is 628 g/mol. The molecule has 2 amide bonds. The zero-order chi connectivity index (χ0) is 26.8. The van der Waals surface area contributed by atoms with Gasteiger partial charge in [0.1, 0.15) is 12.5 Å². The zero-order valence-electron chi connectivity index (χ0n) is 20.1. The number of anilines is 1. The van der Waals surface area contributed by atoms with Crippen molar-refractivity contribution in [3.8, 4) is 17.6 Å². The number of halogens is 2. The third-order valence-electron chi connectivity index (χ3n) is 5.15. The first-order valence-corrected chi connectivity index (χ1v) is 12.9. The summed E-state index contributed by atoms with van der Waals surface area (Å²) >= 11 is 6.86. The third-order valence-corrected chi connectivity index (χ3v) is 6.43. The molecular formula is C27H24Br2N4O4. The SMILES string of the molecule is CCOc1cc(C=NNC(=O)C(C)C(=O)Nc2ccccc2Br)cc(Br)c1OCc1ccccc1C#N. The lowest BCUT2D eigenvalue weighted by atomic mass is 10.1. The lowest BCUT2D eigenvalue weighted by Gasteiger charge is -2.15. The largest absolute Gasteiger partial charge is 0.490 e. The molecule has 0 fully saturated rings. The van der Waals surface area contributed by atoms with Crippen molar-refractivity contribution < 1.29 is 19.1 Å². The van der Waals surface area contributed by atoms with Crippen LogP contribution in [0.4, 0.5) is 5.69 Å². The minimum absolute atomic E-state index is 0.186. The quantitative estimate of drug-likeness (QED) is 0.168. The highest BCUT2D eigenvalue weighted by Gasteiger charge is 2.22. The molecule has 3 rings (SSSR count). The molecule has 0 aliphatic carbocycles. The number of para-hydroxylation sites is 1. The van der Waals surface area contributed by atoms with E-state index in [1.54, 1.807) is 42.5 Å². The van der Waals surface area contributed by atoms with Crippen LogP contribution in [0.1, 0.15) is 30.5 Å². The van der Waals surface area contributed by atoms with Crippen LogP contribution in [0.2, 0.25) is 0 Å². The minimum atomic E-state index is -0.970. The lowest BCUT2D eigenvalue weighted by Crippen LogP contribution is -2.34. The minimum Gasteiger partial charge on any atom is -0.490 e. The maximum Gasteiger partial charge on any atom is 0.252 e. The van der Waals surface area contributed by atoms with Gasteiger partial charge in [0, 0.05) is 10.0 Å². The average Bonchev–Trinajstić information content (AvgIpc) is 2.89. The van der Waals surface area contributed by atoms with Crippen molar-refractivity contribution in [2.24, 2.45) is 11.0 Å². The van der Waals surface area contributed by atoms with E-state index in [1.165, 1.54) is 13.1 Å². The van der Waals surface area contributed by atoms with E-state index in [2.05, 4.69) is 53.8 Å². The molecule has 0 bridgehead atoms. The Labute approximate surface area is 231 Å². The third kappa shape index (κ3) is 7.65. The molecule has 2 N–H and O–H groups in total. The van der Waals surface area contributed by atoms with Gasteiger partial charge in [0.25, 0.3) is 5.91 Å². The van der Waals surface area contributed by atoms with E-state index in [-0.39, 0.29) is 6.61 Å². The van der Waals surface area contributed by atoms with Gasteiger partial charge in [-0.25, -0.2) is 5.43 Å². The number of hydrazone groups is 1. The van der Waals surface area contributed by atoms with Gasteiger partial charge < -0.3 is 14.8 Å². The second-order valence-corrected chi connectivity index (χ2v) is 9.45. The van der Waals surface area contributed by atoms with Gasteiger partial charge in [0.05, 0.1) is 34.6 Å². The van der Waals surface area contributed by atoms with Gasteiger partial charge >= 0.3 is 0 Å². The van der Waals surface area contributed by atoms with E-state index in [1.807, 2.05) is 25.1 Å². The molecule has 190 valence electrons. The van der Waals surface area contributed by atoms with Crippen LogP contribution in [0.5, 0.6) is 11.5 Å². The predicted molar refractivity (Wildman–Crippen MR) is 148 cm³/mol. The number of carbonyl (C=O) groups is 2. The molecule has 0 aliphatic rings. The molecule has 0 spiro atoms. The smallest absolute Gasteiger partial charge is 0.252 e. The van der Waals surface area contributed by atoms with Crippen LogP contribution in [0, 0.1) is 17.2 Å². The second-order valence-electron chi connectivity index (χ2n) is 7.75. The molecule has 0 aromatic heterocycles. The molecule has 10 heteroatoms. The van der Waals surface area contributed by atoms with E-state index in [9.17, 15) is 14.9 Å². The standard InChI is InChI=1S/C27H24Br2N4O4/c1-3-36-24-13-18(12-22(29)25(24)37-16-20-9-5-4-8-19(20)14-30)15-31-33-27(35)17(2)26(34)32-23-11-7-6-10-21(23)28/h4-13,15,17H,3,16H2,1-2H3,(H,32,34)(H,33,35). The summed E-state index contributed by atoms with van der Waals surface area (Å²) < 4.78 is 13.0. The topological polar surface area (TPSA) is 113 Å². The zero-order valence-corrected chi connectivity index (χ0v) is 23.3. The van der Waals surface area contributed by atoms with Gasteiger partial charge in [-0.2, -0.15) is 10.4 Å². The van der Waals surface area contributed by atoms with Crippen LogP contribution < -0.4 is 20.2 Å².